The Balaban J connectivity index is 0.000000357. The van der Waals surface area contributed by atoms with Crippen molar-refractivity contribution in [3.63, 3.8) is 0 Å². The van der Waals surface area contributed by atoms with Crippen molar-refractivity contribution in [3.8, 4) is 0 Å². The van der Waals surface area contributed by atoms with Crippen LogP contribution in [0.15, 0.2) is 0 Å². The molecule has 8 N–H and O–H groups in total. The van der Waals surface area contributed by atoms with Gasteiger partial charge < -0.3 is 46.5 Å². The van der Waals surface area contributed by atoms with E-state index in [9.17, 15) is 14.3 Å². The lowest BCUT2D eigenvalue weighted by Crippen LogP contribution is -2.52. The number of likely N-dealkylation sites (N-methyl/N-ethyl adjacent to an activating group) is 1. The van der Waals surface area contributed by atoms with Crippen LogP contribution in [0.3, 0.4) is 0 Å². The third-order valence-electron chi connectivity index (χ3n) is 6.21. The molecule has 2 aliphatic heterocycles. The number of aliphatic hydroxyl groups is 2. The van der Waals surface area contributed by atoms with E-state index in [1.807, 2.05) is 7.05 Å². The number of nitrogens with one attached hydrogen (secondary N) is 2. The SMILES string of the molecule is CNCC1CCCCO1.NCC(F)C(O)C(=O)NC1CC(N)CC(OC2CCC(CO)O2)C1. The fourth-order valence-electron chi connectivity index (χ4n) is 4.44. The predicted octanol–water partition coefficient (Wildman–Crippen LogP) is -0.702. The highest BCUT2D eigenvalue weighted by molar-refractivity contribution is 5.81. The van der Waals surface area contributed by atoms with Gasteiger partial charge in [-0.3, -0.25) is 4.79 Å². The normalized spacial score (nSPS) is 34.1. The summed E-state index contributed by atoms with van der Waals surface area (Å²) < 4.78 is 30.2. The minimum absolute atomic E-state index is 0.0356. The van der Waals surface area contributed by atoms with Crippen LogP contribution in [0.1, 0.15) is 51.4 Å². The number of carbonyl (C=O) groups excluding carboxylic acids is 1. The van der Waals surface area contributed by atoms with Crippen LogP contribution >= 0.6 is 0 Å². The van der Waals surface area contributed by atoms with Crippen LogP contribution in [0.5, 0.6) is 0 Å². The van der Waals surface area contributed by atoms with Gasteiger partial charge in [-0.15, -0.1) is 0 Å². The highest BCUT2D eigenvalue weighted by Crippen LogP contribution is 2.27. The molecule has 8 unspecified atom stereocenters. The quantitative estimate of drug-likeness (QED) is 0.252. The number of amides is 1. The van der Waals surface area contributed by atoms with Crippen LogP contribution in [0, 0.1) is 0 Å². The molecule has 3 rings (SSSR count). The Kier molecular flexibility index (Phi) is 13.0. The summed E-state index contributed by atoms with van der Waals surface area (Å²) in [4.78, 5) is 11.9. The molecular weight excluding hydrogens is 435 g/mol. The van der Waals surface area contributed by atoms with Crippen LogP contribution in [0.4, 0.5) is 4.39 Å². The van der Waals surface area contributed by atoms with Gasteiger partial charge in [-0.25, -0.2) is 4.39 Å². The van der Waals surface area contributed by atoms with Gasteiger partial charge in [-0.2, -0.15) is 0 Å². The molecule has 0 radical (unpaired) electrons. The molecule has 0 aromatic rings. The predicted molar refractivity (Wildman–Crippen MR) is 121 cm³/mol. The van der Waals surface area contributed by atoms with Crippen molar-refractivity contribution in [1.29, 1.82) is 0 Å². The topological polar surface area (TPSA) is 161 Å². The smallest absolute Gasteiger partial charge is 0.252 e. The summed E-state index contributed by atoms with van der Waals surface area (Å²) in [6.45, 7) is 1.52. The number of rotatable bonds is 9. The lowest BCUT2D eigenvalue weighted by Gasteiger charge is -2.35. The molecule has 33 heavy (non-hydrogen) atoms. The number of carbonyl (C=O) groups is 1. The van der Waals surface area contributed by atoms with Crippen LogP contribution in [-0.4, -0.2) is 98.4 Å². The molecule has 0 bridgehead atoms. The number of aliphatic hydroxyl groups excluding tert-OH is 2. The zero-order chi connectivity index (χ0) is 24.2. The van der Waals surface area contributed by atoms with Crippen molar-refractivity contribution in [2.24, 2.45) is 11.5 Å². The van der Waals surface area contributed by atoms with E-state index in [-0.39, 0.29) is 37.2 Å². The van der Waals surface area contributed by atoms with Crippen molar-refractivity contribution >= 4 is 5.91 Å². The first-order valence-corrected chi connectivity index (χ1v) is 12.1. The molecule has 0 aromatic carbocycles. The Hall–Kier alpha value is -0.920. The zero-order valence-corrected chi connectivity index (χ0v) is 19.7. The van der Waals surface area contributed by atoms with Crippen molar-refractivity contribution < 1.29 is 33.6 Å². The summed E-state index contributed by atoms with van der Waals surface area (Å²) in [7, 11) is 1.97. The van der Waals surface area contributed by atoms with Gasteiger partial charge in [0.2, 0.25) is 0 Å². The summed E-state index contributed by atoms with van der Waals surface area (Å²) >= 11 is 0. The van der Waals surface area contributed by atoms with Crippen molar-refractivity contribution in [2.75, 3.05) is 33.4 Å². The van der Waals surface area contributed by atoms with E-state index in [0.717, 1.165) is 19.6 Å². The Labute approximate surface area is 195 Å². The molecule has 2 saturated heterocycles. The lowest BCUT2D eigenvalue weighted by molar-refractivity contribution is -0.175. The maximum atomic E-state index is 13.3. The second-order valence-corrected chi connectivity index (χ2v) is 9.12. The zero-order valence-electron chi connectivity index (χ0n) is 19.7. The van der Waals surface area contributed by atoms with Gasteiger partial charge in [0, 0.05) is 38.2 Å². The summed E-state index contributed by atoms with van der Waals surface area (Å²) in [5.41, 5.74) is 11.1. The number of hydrogen-bond donors (Lipinski definition) is 6. The number of hydrogen-bond acceptors (Lipinski definition) is 9. The molecule has 194 valence electrons. The molecule has 3 fully saturated rings. The minimum atomic E-state index is -1.79. The Morgan fingerprint density at radius 1 is 1.21 bits per heavy atom. The van der Waals surface area contributed by atoms with Crippen molar-refractivity contribution in [2.45, 2.75) is 100 Å². The van der Waals surface area contributed by atoms with Gasteiger partial charge in [-0.05, 0) is 52.0 Å². The highest BCUT2D eigenvalue weighted by atomic mass is 19.1. The van der Waals surface area contributed by atoms with E-state index in [1.165, 1.54) is 19.3 Å². The average Bonchev–Trinajstić information content (AvgIpc) is 3.26. The van der Waals surface area contributed by atoms with E-state index >= 15 is 0 Å². The standard InChI is InChI=1S/C15H28FN3O5.C7H15NO/c16-12(6-17)14(21)15(22)19-9-3-8(18)4-11(5-9)24-13-2-1-10(7-20)23-13;1-8-6-7-4-2-3-5-9-7/h8-14,20-21H,1-7,17-18H2,(H,19,22);7-8H,2-6H2,1H3. The van der Waals surface area contributed by atoms with Crippen LogP contribution < -0.4 is 22.1 Å². The van der Waals surface area contributed by atoms with E-state index in [2.05, 4.69) is 10.6 Å². The number of alkyl halides is 1. The van der Waals surface area contributed by atoms with E-state index in [1.54, 1.807) is 0 Å². The molecule has 1 aliphatic carbocycles. The van der Waals surface area contributed by atoms with Crippen LogP contribution in [0.25, 0.3) is 0 Å². The molecule has 1 amide bonds. The molecule has 8 atom stereocenters. The van der Waals surface area contributed by atoms with Crippen molar-refractivity contribution in [3.05, 3.63) is 0 Å². The monoisotopic (exact) mass is 478 g/mol. The first-order valence-electron chi connectivity index (χ1n) is 12.1. The van der Waals surface area contributed by atoms with Gasteiger partial charge in [-0.1, -0.05) is 0 Å². The van der Waals surface area contributed by atoms with Crippen LogP contribution in [-0.2, 0) is 19.0 Å². The molecule has 0 aromatic heterocycles. The third kappa shape index (κ3) is 10.1. The maximum Gasteiger partial charge on any atom is 0.252 e. The van der Waals surface area contributed by atoms with Crippen molar-refractivity contribution in [1.82, 2.24) is 10.6 Å². The fraction of sp³-hybridized carbons (Fsp3) is 0.955. The molecule has 10 nitrogen and oxygen atoms in total. The second kappa shape index (κ2) is 15.2. The molecular formula is C22H43FN4O6. The number of halogens is 1. The fourth-order valence-corrected chi connectivity index (χ4v) is 4.44. The van der Waals surface area contributed by atoms with Gasteiger partial charge in [0.1, 0.15) is 6.17 Å². The molecule has 3 aliphatic rings. The Morgan fingerprint density at radius 3 is 2.61 bits per heavy atom. The second-order valence-electron chi connectivity index (χ2n) is 9.12. The minimum Gasteiger partial charge on any atom is -0.394 e. The van der Waals surface area contributed by atoms with Gasteiger partial charge in [0.15, 0.2) is 12.4 Å². The first-order chi connectivity index (χ1) is 15.9. The summed E-state index contributed by atoms with van der Waals surface area (Å²) in [5, 5.41) is 24.4. The Morgan fingerprint density at radius 2 is 2.00 bits per heavy atom. The number of nitrogens with two attached hydrogens (primary N) is 2. The maximum absolute atomic E-state index is 13.3. The Bertz CT molecular complexity index is 554. The van der Waals surface area contributed by atoms with E-state index in [4.69, 9.17) is 30.8 Å². The first kappa shape index (κ1) is 28.3. The molecule has 0 spiro atoms. The third-order valence-corrected chi connectivity index (χ3v) is 6.21. The van der Waals surface area contributed by atoms with E-state index in [0.29, 0.717) is 31.8 Å². The molecule has 2 heterocycles. The molecule has 11 heteroatoms. The van der Waals surface area contributed by atoms with Gasteiger partial charge >= 0.3 is 0 Å². The summed E-state index contributed by atoms with van der Waals surface area (Å²) in [6, 6.07) is -0.474. The molecule has 1 saturated carbocycles. The average molecular weight is 479 g/mol. The van der Waals surface area contributed by atoms with Gasteiger partial charge in [0.25, 0.3) is 5.91 Å². The largest absolute Gasteiger partial charge is 0.394 e. The highest BCUT2D eigenvalue weighted by Gasteiger charge is 2.34. The lowest BCUT2D eigenvalue weighted by atomic mass is 9.89. The number of ether oxygens (including phenoxy) is 3. The van der Waals surface area contributed by atoms with E-state index < -0.39 is 24.7 Å². The summed E-state index contributed by atoms with van der Waals surface area (Å²) in [5.74, 6) is -0.789. The van der Waals surface area contributed by atoms with Gasteiger partial charge in [0.05, 0.1) is 24.9 Å². The van der Waals surface area contributed by atoms with Crippen LogP contribution in [0.2, 0.25) is 0 Å². The summed E-state index contributed by atoms with van der Waals surface area (Å²) in [6.07, 6.45) is 3.07.